The van der Waals surface area contributed by atoms with Crippen LogP contribution in [0.4, 0.5) is 0 Å². The van der Waals surface area contributed by atoms with E-state index < -0.39 is 35.7 Å². The highest BCUT2D eigenvalue weighted by Gasteiger charge is 2.52. The largest absolute Gasteiger partial charge is 0.479 e. The number of hydrogen-bond acceptors (Lipinski definition) is 6. The fourth-order valence-electron chi connectivity index (χ4n) is 3.51. The third kappa shape index (κ3) is 2.89. The first-order chi connectivity index (χ1) is 12.2. The average Bonchev–Trinajstić information content (AvgIpc) is 3.03. The van der Waals surface area contributed by atoms with E-state index in [2.05, 4.69) is 13.2 Å². The van der Waals surface area contributed by atoms with Gasteiger partial charge in [0.05, 0.1) is 5.92 Å². The van der Waals surface area contributed by atoms with Crippen LogP contribution in [0.15, 0.2) is 47.8 Å². The van der Waals surface area contributed by atoms with Crippen molar-refractivity contribution in [1.29, 1.82) is 0 Å². The van der Waals surface area contributed by atoms with Gasteiger partial charge in [-0.1, -0.05) is 19.2 Å². The maximum absolute atomic E-state index is 12.5. The van der Waals surface area contributed by atoms with Crippen LogP contribution in [-0.2, 0) is 28.6 Å². The number of carbonyl (C=O) groups is 3. The molecule has 2 saturated heterocycles. The van der Waals surface area contributed by atoms with Gasteiger partial charge in [-0.15, -0.1) is 0 Å². The van der Waals surface area contributed by atoms with Crippen LogP contribution >= 0.6 is 0 Å². The monoisotopic (exact) mass is 358 g/mol. The Balaban J connectivity index is 2.02. The van der Waals surface area contributed by atoms with Crippen LogP contribution in [0.5, 0.6) is 0 Å². The molecule has 138 valence electrons. The van der Waals surface area contributed by atoms with Gasteiger partial charge in [0.15, 0.2) is 5.60 Å². The lowest BCUT2D eigenvalue weighted by atomic mass is 9.81. The van der Waals surface area contributed by atoms with E-state index in [4.69, 9.17) is 14.2 Å². The molecule has 0 aliphatic carbocycles. The van der Waals surface area contributed by atoms with Gasteiger partial charge in [0, 0.05) is 30.1 Å². The third-order valence-corrected chi connectivity index (χ3v) is 5.24. The Morgan fingerprint density at radius 3 is 2.73 bits per heavy atom. The second-order valence-electron chi connectivity index (χ2n) is 7.13. The molecule has 0 spiro atoms. The fraction of sp³-hybridized carbons (Fsp3) is 0.450. The van der Waals surface area contributed by atoms with Crippen molar-refractivity contribution in [3.8, 4) is 0 Å². The van der Waals surface area contributed by atoms with Gasteiger partial charge in [-0.3, -0.25) is 4.79 Å². The zero-order chi connectivity index (χ0) is 19.2. The number of fused-ring (bicyclic) bond motifs is 3. The van der Waals surface area contributed by atoms with E-state index in [0.29, 0.717) is 16.9 Å². The Morgan fingerprint density at radius 1 is 1.38 bits per heavy atom. The Bertz CT molecular complexity index is 786. The van der Waals surface area contributed by atoms with Crippen LogP contribution in [0.1, 0.15) is 33.6 Å². The maximum atomic E-state index is 12.5. The molecule has 3 aliphatic heterocycles. The number of esters is 2. The van der Waals surface area contributed by atoms with E-state index in [1.165, 1.54) is 6.08 Å². The molecule has 2 fully saturated rings. The number of ether oxygens (including phenoxy) is 3. The number of ketones is 1. The molecule has 0 aromatic rings. The van der Waals surface area contributed by atoms with Crippen LogP contribution in [0, 0.1) is 5.92 Å². The van der Waals surface area contributed by atoms with E-state index in [0.717, 1.165) is 0 Å². The van der Waals surface area contributed by atoms with Crippen LogP contribution in [-0.4, -0.2) is 35.5 Å². The van der Waals surface area contributed by atoms with Gasteiger partial charge in [-0.25, -0.2) is 9.59 Å². The second-order valence-corrected chi connectivity index (χ2v) is 7.13. The Morgan fingerprint density at radius 2 is 2.08 bits per heavy atom. The Labute approximate surface area is 152 Å². The lowest BCUT2D eigenvalue weighted by Gasteiger charge is -2.31. The zero-order valence-corrected chi connectivity index (χ0v) is 15.2. The highest BCUT2D eigenvalue weighted by Crippen LogP contribution is 2.44. The molecule has 3 rings (SSSR count). The molecule has 0 radical (unpaired) electrons. The molecule has 26 heavy (non-hydrogen) atoms. The first-order valence-electron chi connectivity index (χ1n) is 8.53. The van der Waals surface area contributed by atoms with Crippen LogP contribution in [0.2, 0.25) is 0 Å². The van der Waals surface area contributed by atoms with Gasteiger partial charge in [0.25, 0.3) is 0 Å². The van der Waals surface area contributed by atoms with Crippen molar-refractivity contribution in [3.63, 3.8) is 0 Å². The van der Waals surface area contributed by atoms with E-state index in [1.807, 2.05) is 0 Å². The highest BCUT2D eigenvalue weighted by atomic mass is 16.6. The number of hydrogen-bond donors (Lipinski definition) is 0. The van der Waals surface area contributed by atoms with E-state index in [-0.39, 0.29) is 24.2 Å². The number of carbonyl (C=O) groups excluding carboxylic acids is 3. The van der Waals surface area contributed by atoms with Crippen molar-refractivity contribution >= 4 is 17.7 Å². The molecule has 0 aromatic carbocycles. The summed E-state index contributed by atoms with van der Waals surface area (Å²) in [6.07, 6.45) is 2.08. The fourth-order valence-corrected chi connectivity index (χ4v) is 3.51. The maximum Gasteiger partial charge on any atom is 0.334 e. The molecule has 6 heteroatoms. The van der Waals surface area contributed by atoms with E-state index in [1.54, 1.807) is 26.8 Å². The van der Waals surface area contributed by atoms with Crippen molar-refractivity contribution in [3.05, 3.63) is 47.8 Å². The minimum atomic E-state index is -1.19. The zero-order valence-electron chi connectivity index (χ0n) is 15.2. The summed E-state index contributed by atoms with van der Waals surface area (Å²) in [5.74, 6) is -1.41. The quantitative estimate of drug-likeness (QED) is 0.558. The van der Waals surface area contributed by atoms with Crippen LogP contribution in [0.3, 0.4) is 0 Å². The number of allylic oxidation sites excluding steroid dienone is 2. The van der Waals surface area contributed by atoms with Crippen molar-refractivity contribution in [1.82, 2.24) is 0 Å². The summed E-state index contributed by atoms with van der Waals surface area (Å²) in [6.45, 7) is 12.8. The number of rotatable bonds is 2. The van der Waals surface area contributed by atoms with Crippen molar-refractivity contribution in [2.24, 2.45) is 5.92 Å². The summed E-state index contributed by atoms with van der Waals surface area (Å²) in [5, 5.41) is 0. The molecule has 0 unspecified atom stereocenters. The highest BCUT2D eigenvalue weighted by molar-refractivity contribution is 6.00. The Kier molecular flexibility index (Phi) is 4.38. The first kappa shape index (κ1) is 18.2. The van der Waals surface area contributed by atoms with E-state index >= 15 is 0 Å². The normalized spacial score (nSPS) is 34.2. The predicted octanol–water partition coefficient (Wildman–Crippen LogP) is 2.55. The summed E-state index contributed by atoms with van der Waals surface area (Å²) >= 11 is 0. The predicted molar refractivity (Wildman–Crippen MR) is 92.8 cm³/mol. The smallest absolute Gasteiger partial charge is 0.334 e. The summed E-state index contributed by atoms with van der Waals surface area (Å²) in [6, 6.07) is 0. The average molecular weight is 358 g/mol. The van der Waals surface area contributed by atoms with Gasteiger partial charge in [-0.2, -0.15) is 0 Å². The Hall–Kier alpha value is -2.63. The standard InChI is InChI=1S/C20H22O6/c1-6-10(2)18(22)25-15-9-20(5)16(21)8-13(26-20)11(3)7-14-17(15)12(4)19(23)24-14/h6,8,14-15,17H,3-4,7,9H2,1-2,5H3/b10-6-/t14-,15+,17+,20-/m1/s1. The summed E-state index contributed by atoms with van der Waals surface area (Å²) in [4.78, 5) is 36.9. The van der Waals surface area contributed by atoms with Gasteiger partial charge in [0.1, 0.15) is 18.0 Å². The molecule has 6 nitrogen and oxygen atoms in total. The molecule has 3 heterocycles. The molecule has 0 aromatic heterocycles. The van der Waals surface area contributed by atoms with Crippen LogP contribution < -0.4 is 0 Å². The molecule has 4 atom stereocenters. The van der Waals surface area contributed by atoms with E-state index in [9.17, 15) is 14.4 Å². The molecule has 0 amide bonds. The van der Waals surface area contributed by atoms with Crippen LogP contribution in [0.25, 0.3) is 0 Å². The lowest BCUT2D eigenvalue weighted by molar-refractivity contribution is -0.153. The molecule has 2 bridgehead atoms. The molecular formula is C20H22O6. The third-order valence-electron chi connectivity index (χ3n) is 5.24. The van der Waals surface area contributed by atoms with Gasteiger partial charge < -0.3 is 14.2 Å². The van der Waals surface area contributed by atoms with Gasteiger partial charge >= 0.3 is 11.9 Å². The summed E-state index contributed by atoms with van der Waals surface area (Å²) < 4.78 is 17.0. The summed E-state index contributed by atoms with van der Waals surface area (Å²) in [7, 11) is 0. The minimum Gasteiger partial charge on any atom is -0.479 e. The minimum absolute atomic E-state index is 0.0959. The van der Waals surface area contributed by atoms with Crippen molar-refractivity contribution < 1.29 is 28.6 Å². The first-order valence-corrected chi connectivity index (χ1v) is 8.53. The SMILES string of the molecule is C=C1C[C@H]2OC(=O)C(=C)[C@@H]2[C@@H](OC(=O)/C(C)=C\C)C[C@@]2(C)OC1=CC2=O. The lowest BCUT2D eigenvalue weighted by Crippen LogP contribution is -2.43. The topological polar surface area (TPSA) is 78.9 Å². The molecular weight excluding hydrogens is 336 g/mol. The summed E-state index contributed by atoms with van der Waals surface area (Å²) in [5.41, 5.74) is 0.0514. The van der Waals surface area contributed by atoms with Gasteiger partial charge in [0.2, 0.25) is 5.78 Å². The second kappa shape index (κ2) is 6.27. The molecule has 3 aliphatic rings. The molecule has 0 saturated carbocycles. The van der Waals surface area contributed by atoms with Crippen molar-refractivity contribution in [2.45, 2.75) is 51.4 Å². The van der Waals surface area contributed by atoms with Gasteiger partial charge in [-0.05, 0) is 26.3 Å². The molecule has 0 N–H and O–H groups in total. The van der Waals surface area contributed by atoms with Crippen molar-refractivity contribution in [2.75, 3.05) is 0 Å².